The summed E-state index contributed by atoms with van der Waals surface area (Å²) in [6, 6.07) is 3.43. The minimum absolute atomic E-state index is 0.0926. The van der Waals surface area contributed by atoms with Crippen molar-refractivity contribution in [2.45, 2.75) is 25.0 Å². The van der Waals surface area contributed by atoms with E-state index >= 15 is 0 Å². The van der Waals surface area contributed by atoms with Gasteiger partial charge in [0.1, 0.15) is 0 Å². The van der Waals surface area contributed by atoms with Crippen LogP contribution in [0.5, 0.6) is 0 Å². The summed E-state index contributed by atoms with van der Waals surface area (Å²) in [6.45, 7) is 2.38. The van der Waals surface area contributed by atoms with Gasteiger partial charge in [-0.15, -0.1) is 21.5 Å². The van der Waals surface area contributed by atoms with Gasteiger partial charge in [-0.05, 0) is 18.4 Å². The van der Waals surface area contributed by atoms with E-state index in [0.29, 0.717) is 28.8 Å². The van der Waals surface area contributed by atoms with Crippen LogP contribution in [-0.2, 0) is 20.9 Å². The van der Waals surface area contributed by atoms with Crippen molar-refractivity contribution in [3.05, 3.63) is 28.8 Å². The Hall–Kier alpha value is -2.86. The molecule has 0 fully saturated rings. The molecule has 0 aliphatic carbocycles. The number of primary amides is 1. The molecular weight excluding hydrogens is 416 g/mol. The molecule has 0 atom stereocenters. The van der Waals surface area contributed by atoms with Crippen LogP contribution >= 0.6 is 23.1 Å². The van der Waals surface area contributed by atoms with Crippen molar-refractivity contribution in [3.63, 3.8) is 0 Å². The summed E-state index contributed by atoms with van der Waals surface area (Å²) < 4.78 is 6.87. The number of amides is 3. The second-order valence-electron chi connectivity index (χ2n) is 5.93. The number of aromatic nitrogens is 3. The summed E-state index contributed by atoms with van der Waals surface area (Å²) in [7, 11) is 0. The lowest BCUT2D eigenvalue weighted by molar-refractivity contribution is -0.138. The van der Waals surface area contributed by atoms with Crippen LogP contribution in [0.2, 0.25) is 0 Å². The highest BCUT2D eigenvalue weighted by Crippen LogP contribution is 2.28. The first-order valence-corrected chi connectivity index (χ1v) is 10.7. The van der Waals surface area contributed by atoms with Crippen molar-refractivity contribution in [2.24, 2.45) is 5.73 Å². The molecule has 0 saturated carbocycles. The van der Waals surface area contributed by atoms with Crippen LogP contribution in [-0.4, -0.2) is 51.6 Å². The van der Waals surface area contributed by atoms with Gasteiger partial charge in [-0.2, -0.15) is 0 Å². The van der Waals surface area contributed by atoms with Crippen molar-refractivity contribution in [3.8, 4) is 10.7 Å². The molecule has 0 aromatic carbocycles. The third-order valence-electron chi connectivity index (χ3n) is 3.96. The summed E-state index contributed by atoms with van der Waals surface area (Å²) in [5.74, 6) is 0.00762. The minimum Gasteiger partial charge on any atom is -0.463 e. The maximum absolute atomic E-state index is 12.2. The second-order valence-corrected chi connectivity index (χ2v) is 7.82. The summed E-state index contributed by atoms with van der Waals surface area (Å²) in [5, 5.41) is 16.2. The molecule has 0 bridgehead atoms. The summed E-state index contributed by atoms with van der Waals surface area (Å²) in [6.07, 6.45) is 0.140. The van der Waals surface area contributed by atoms with Crippen LogP contribution in [0.15, 0.2) is 33.9 Å². The van der Waals surface area contributed by atoms with E-state index in [1.807, 2.05) is 22.1 Å². The highest BCUT2D eigenvalue weighted by Gasteiger charge is 2.24. The number of hydrogen-bond donors (Lipinski definition) is 3. The van der Waals surface area contributed by atoms with Gasteiger partial charge in [-0.1, -0.05) is 17.8 Å². The highest BCUT2D eigenvalue weighted by molar-refractivity contribution is 7.99. The number of carbonyl (C=O) groups is 3. The lowest BCUT2D eigenvalue weighted by Gasteiger charge is -2.21. The Balaban J connectivity index is 1.84. The van der Waals surface area contributed by atoms with Crippen LogP contribution in [0.1, 0.15) is 13.3 Å². The first-order chi connectivity index (χ1) is 14.0. The molecule has 2 aromatic rings. The zero-order valence-electron chi connectivity index (χ0n) is 15.6. The lowest BCUT2D eigenvalue weighted by Crippen LogP contribution is -2.44. The van der Waals surface area contributed by atoms with Gasteiger partial charge in [-0.3, -0.25) is 4.79 Å². The molecule has 29 heavy (non-hydrogen) atoms. The molecule has 12 heteroatoms. The molecule has 2 aromatic heterocycles. The molecule has 1 aliphatic heterocycles. The van der Waals surface area contributed by atoms with Gasteiger partial charge in [0, 0.05) is 24.4 Å². The van der Waals surface area contributed by atoms with Crippen LogP contribution in [0.3, 0.4) is 0 Å². The van der Waals surface area contributed by atoms with Gasteiger partial charge in [0.2, 0.25) is 5.91 Å². The molecule has 3 amide bonds. The number of urea groups is 1. The van der Waals surface area contributed by atoms with E-state index in [0.717, 1.165) is 4.88 Å². The average Bonchev–Trinajstić information content (AvgIpc) is 3.34. The summed E-state index contributed by atoms with van der Waals surface area (Å²) in [4.78, 5) is 36.1. The largest absolute Gasteiger partial charge is 0.463 e. The zero-order chi connectivity index (χ0) is 20.8. The Morgan fingerprint density at radius 3 is 2.93 bits per heavy atom. The number of esters is 1. The number of rotatable bonds is 9. The number of carbonyl (C=O) groups excluding carboxylic acids is 3. The van der Waals surface area contributed by atoms with Crippen molar-refractivity contribution in [1.82, 2.24) is 25.4 Å². The molecule has 0 spiro atoms. The SMILES string of the molecule is CCOC(=O)C1=C(CSc2nnc(-c3cccs3)n2CCC(N)=O)NC(=O)NC1. The molecule has 3 rings (SSSR count). The predicted molar refractivity (Wildman–Crippen MR) is 108 cm³/mol. The number of thioether (sulfide) groups is 1. The molecule has 154 valence electrons. The van der Waals surface area contributed by atoms with Crippen molar-refractivity contribution in [1.29, 1.82) is 0 Å². The fraction of sp³-hybridized carbons (Fsp3) is 0.353. The fourth-order valence-electron chi connectivity index (χ4n) is 2.61. The Bertz CT molecular complexity index is 938. The first-order valence-electron chi connectivity index (χ1n) is 8.81. The Labute approximate surface area is 174 Å². The topological polar surface area (TPSA) is 141 Å². The van der Waals surface area contributed by atoms with Gasteiger partial charge < -0.3 is 25.7 Å². The van der Waals surface area contributed by atoms with E-state index in [9.17, 15) is 14.4 Å². The maximum atomic E-state index is 12.2. The molecule has 1 aliphatic rings. The van der Waals surface area contributed by atoms with E-state index in [1.165, 1.54) is 23.1 Å². The van der Waals surface area contributed by atoms with E-state index < -0.39 is 11.9 Å². The number of hydrogen-bond acceptors (Lipinski definition) is 8. The van der Waals surface area contributed by atoms with Crippen molar-refractivity contribution in [2.75, 3.05) is 18.9 Å². The van der Waals surface area contributed by atoms with Gasteiger partial charge in [0.15, 0.2) is 11.0 Å². The third-order valence-corrected chi connectivity index (χ3v) is 5.82. The predicted octanol–water partition coefficient (Wildman–Crippen LogP) is 1.10. The maximum Gasteiger partial charge on any atom is 0.337 e. The first kappa shape index (κ1) is 20.9. The third kappa shape index (κ3) is 5.15. The van der Waals surface area contributed by atoms with Crippen LogP contribution < -0.4 is 16.4 Å². The van der Waals surface area contributed by atoms with E-state index in [4.69, 9.17) is 10.5 Å². The van der Waals surface area contributed by atoms with Crippen LogP contribution in [0.4, 0.5) is 4.79 Å². The molecule has 0 radical (unpaired) electrons. The summed E-state index contributed by atoms with van der Waals surface area (Å²) in [5.41, 5.74) is 6.12. The number of nitrogens with zero attached hydrogens (tertiary/aromatic N) is 3. The Morgan fingerprint density at radius 2 is 2.24 bits per heavy atom. The molecule has 4 N–H and O–H groups in total. The Morgan fingerprint density at radius 1 is 1.41 bits per heavy atom. The summed E-state index contributed by atoms with van der Waals surface area (Å²) >= 11 is 2.81. The van der Waals surface area contributed by atoms with E-state index in [2.05, 4.69) is 20.8 Å². The number of nitrogens with one attached hydrogen (secondary N) is 2. The smallest absolute Gasteiger partial charge is 0.337 e. The normalized spacial score (nSPS) is 13.8. The van der Waals surface area contributed by atoms with Gasteiger partial charge in [0.05, 0.1) is 23.6 Å². The highest BCUT2D eigenvalue weighted by atomic mass is 32.2. The van der Waals surface area contributed by atoms with Crippen LogP contribution in [0.25, 0.3) is 10.7 Å². The standard InChI is InChI=1S/C17H20N6O4S2/c1-2-27-15(25)10-8-19-16(26)20-11(10)9-29-17-22-21-14(12-4-3-7-28-12)23(17)6-5-13(18)24/h3-4,7H,2,5-6,8-9H2,1H3,(H2,18,24)(H2,19,20,26). The van der Waals surface area contributed by atoms with Gasteiger partial charge in [0.25, 0.3) is 0 Å². The number of nitrogens with two attached hydrogens (primary N) is 1. The van der Waals surface area contributed by atoms with Crippen molar-refractivity contribution < 1.29 is 19.1 Å². The zero-order valence-corrected chi connectivity index (χ0v) is 17.3. The quantitative estimate of drug-likeness (QED) is 0.395. The molecule has 10 nitrogen and oxygen atoms in total. The van der Waals surface area contributed by atoms with Crippen LogP contribution in [0, 0.1) is 0 Å². The average molecular weight is 437 g/mol. The molecule has 0 unspecified atom stereocenters. The monoisotopic (exact) mass is 436 g/mol. The number of ether oxygens (including phenoxy) is 1. The Kier molecular flexibility index (Phi) is 6.88. The van der Waals surface area contributed by atoms with Gasteiger partial charge >= 0.3 is 12.0 Å². The molecule has 3 heterocycles. The minimum atomic E-state index is -0.481. The fourth-order valence-corrected chi connectivity index (χ4v) is 4.28. The number of thiophene rings is 1. The molecular formula is C17H20N6O4S2. The second kappa shape index (κ2) is 9.56. The van der Waals surface area contributed by atoms with Gasteiger partial charge in [-0.25, -0.2) is 9.59 Å². The molecule has 0 saturated heterocycles. The van der Waals surface area contributed by atoms with E-state index in [-0.39, 0.29) is 31.4 Å². The van der Waals surface area contributed by atoms with E-state index in [1.54, 1.807) is 6.92 Å². The lowest BCUT2D eigenvalue weighted by atomic mass is 10.2. The van der Waals surface area contributed by atoms with Crippen molar-refractivity contribution >= 4 is 41.0 Å².